The third kappa shape index (κ3) is 4.60. The molecule has 1 aromatic heterocycles. The lowest BCUT2D eigenvalue weighted by Gasteiger charge is -2.13. The number of rotatable bonds is 8. The van der Waals surface area contributed by atoms with Crippen LogP contribution in [0.15, 0.2) is 47.1 Å². The average molecular weight is 277 g/mol. The molecule has 0 radical (unpaired) electrons. The van der Waals surface area contributed by atoms with E-state index in [9.17, 15) is 5.11 Å². The predicted octanol–water partition coefficient (Wildman–Crippen LogP) is 2.28. The van der Waals surface area contributed by atoms with Gasteiger partial charge in [0.1, 0.15) is 18.1 Å². The molecule has 0 saturated carbocycles. The van der Waals surface area contributed by atoms with Crippen LogP contribution < -0.4 is 10.1 Å². The second-order valence-electron chi connectivity index (χ2n) is 4.36. The molecule has 1 heterocycles. The zero-order valence-corrected chi connectivity index (χ0v) is 11.4. The highest BCUT2D eigenvalue weighted by molar-refractivity contribution is 5.46. The Morgan fingerprint density at radius 1 is 1.25 bits per heavy atom. The van der Waals surface area contributed by atoms with E-state index in [1.807, 2.05) is 30.3 Å². The molecule has 20 heavy (non-hydrogen) atoms. The van der Waals surface area contributed by atoms with Crippen molar-refractivity contribution in [2.24, 2.45) is 0 Å². The molecule has 2 aromatic rings. The van der Waals surface area contributed by atoms with E-state index in [0.29, 0.717) is 13.2 Å². The van der Waals surface area contributed by atoms with Crippen molar-refractivity contribution < 1.29 is 19.0 Å². The standard InChI is InChI=1S/C15H19NO4/c1-18-14-6-4-12(5-7-14)16-9-13(17)10-19-11-15-3-2-8-20-15/h2-8,13,16-17H,9-11H2,1H3. The number of aliphatic hydroxyl groups excluding tert-OH is 1. The fourth-order valence-electron chi connectivity index (χ4n) is 1.69. The number of benzene rings is 1. The van der Waals surface area contributed by atoms with Gasteiger partial charge < -0.3 is 24.3 Å². The molecule has 1 aromatic carbocycles. The average Bonchev–Trinajstić information content (AvgIpc) is 2.99. The Bertz CT molecular complexity index is 481. The van der Waals surface area contributed by atoms with E-state index < -0.39 is 6.10 Å². The van der Waals surface area contributed by atoms with Gasteiger partial charge in [0.15, 0.2) is 0 Å². The van der Waals surface area contributed by atoms with Gasteiger partial charge >= 0.3 is 0 Å². The highest BCUT2D eigenvalue weighted by atomic mass is 16.5. The number of nitrogens with one attached hydrogen (secondary N) is 1. The van der Waals surface area contributed by atoms with Crippen LogP contribution in [0.25, 0.3) is 0 Å². The van der Waals surface area contributed by atoms with Crippen LogP contribution in [0.2, 0.25) is 0 Å². The van der Waals surface area contributed by atoms with Gasteiger partial charge in [-0.25, -0.2) is 0 Å². The predicted molar refractivity (Wildman–Crippen MR) is 75.9 cm³/mol. The maximum atomic E-state index is 9.80. The van der Waals surface area contributed by atoms with Crippen molar-refractivity contribution in [1.82, 2.24) is 0 Å². The summed E-state index contributed by atoms with van der Waals surface area (Å²) in [5.74, 6) is 1.55. The molecule has 5 heteroatoms. The van der Waals surface area contributed by atoms with Gasteiger partial charge in [-0.3, -0.25) is 0 Å². The minimum Gasteiger partial charge on any atom is -0.497 e. The molecule has 2 N–H and O–H groups in total. The smallest absolute Gasteiger partial charge is 0.129 e. The largest absolute Gasteiger partial charge is 0.497 e. The van der Waals surface area contributed by atoms with Crippen molar-refractivity contribution >= 4 is 5.69 Å². The molecule has 0 aliphatic heterocycles. The SMILES string of the molecule is COc1ccc(NCC(O)COCc2ccco2)cc1. The lowest BCUT2D eigenvalue weighted by atomic mass is 10.3. The van der Waals surface area contributed by atoms with Crippen LogP contribution in [0.4, 0.5) is 5.69 Å². The summed E-state index contributed by atoms with van der Waals surface area (Å²) in [6, 6.07) is 11.2. The third-order valence-electron chi connectivity index (χ3n) is 2.77. The summed E-state index contributed by atoms with van der Waals surface area (Å²) in [4.78, 5) is 0. The maximum Gasteiger partial charge on any atom is 0.129 e. The Hall–Kier alpha value is -1.98. The molecule has 1 unspecified atom stereocenters. The number of hydrogen-bond acceptors (Lipinski definition) is 5. The van der Waals surface area contributed by atoms with Crippen molar-refractivity contribution in [1.29, 1.82) is 0 Å². The van der Waals surface area contributed by atoms with Crippen LogP contribution in [-0.4, -0.2) is 31.5 Å². The summed E-state index contributed by atoms with van der Waals surface area (Å²) in [7, 11) is 1.63. The highest BCUT2D eigenvalue weighted by Crippen LogP contribution is 2.14. The van der Waals surface area contributed by atoms with Crippen LogP contribution in [-0.2, 0) is 11.3 Å². The Morgan fingerprint density at radius 3 is 2.70 bits per heavy atom. The second kappa shape index (κ2) is 7.57. The molecule has 0 spiro atoms. The minimum atomic E-state index is -0.577. The van der Waals surface area contributed by atoms with Gasteiger partial charge in [0.05, 0.1) is 26.1 Å². The number of aliphatic hydroxyl groups is 1. The first-order chi connectivity index (χ1) is 9.78. The van der Waals surface area contributed by atoms with E-state index in [4.69, 9.17) is 13.9 Å². The monoisotopic (exact) mass is 277 g/mol. The minimum absolute atomic E-state index is 0.254. The summed E-state index contributed by atoms with van der Waals surface area (Å²) in [6.07, 6.45) is 1.02. The van der Waals surface area contributed by atoms with Gasteiger partial charge in [-0.1, -0.05) is 0 Å². The molecule has 0 bridgehead atoms. The van der Waals surface area contributed by atoms with Crippen LogP contribution in [0.3, 0.4) is 0 Å². The van der Waals surface area contributed by atoms with E-state index >= 15 is 0 Å². The quantitative estimate of drug-likeness (QED) is 0.775. The summed E-state index contributed by atoms with van der Waals surface area (Å²) < 4.78 is 15.6. The number of anilines is 1. The van der Waals surface area contributed by atoms with Crippen molar-refractivity contribution in [2.45, 2.75) is 12.7 Å². The lowest BCUT2D eigenvalue weighted by Crippen LogP contribution is -2.24. The summed E-state index contributed by atoms with van der Waals surface area (Å²) in [5, 5.41) is 12.9. The van der Waals surface area contributed by atoms with E-state index in [2.05, 4.69) is 5.32 Å². The maximum absolute atomic E-state index is 9.80. The van der Waals surface area contributed by atoms with Crippen LogP contribution >= 0.6 is 0 Å². The first-order valence-corrected chi connectivity index (χ1v) is 6.44. The van der Waals surface area contributed by atoms with Crippen molar-refractivity contribution in [3.05, 3.63) is 48.4 Å². The van der Waals surface area contributed by atoms with E-state index in [1.54, 1.807) is 19.4 Å². The van der Waals surface area contributed by atoms with Crippen molar-refractivity contribution in [3.8, 4) is 5.75 Å². The van der Waals surface area contributed by atoms with Gasteiger partial charge in [-0.15, -0.1) is 0 Å². The first kappa shape index (κ1) is 14.4. The van der Waals surface area contributed by atoms with E-state index in [-0.39, 0.29) is 6.61 Å². The molecule has 0 saturated heterocycles. The van der Waals surface area contributed by atoms with Crippen LogP contribution in [0.1, 0.15) is 5.76 Å². The highest BCUT2D eigenvalue weighted by Gasteiger charge is 2.05. The van der Waals surface area contributed by atoms with Gasteiger partial charge in [0, 0.05) is 12.2 Å². The Balaban J connectivity index is 1.65. The van der Waals surface area contributed by atoms with Gasteiger partial charge in [0.25, 0.3) is 0 Å². The van der Waals surface area contributed by atoms with Crippen LogP contribution in [0, 0.1) is 0 Å². The third-order valence-corrected chi connectivity index (χ3v) is 2.77. The number of methoxy groups -OCH3 is 1. The van der Waals surface area contributed by atoms with Gasteiger partial charge in [0.2, 0.25) is 0 Å². The molecule has 0 fully saturated rings. The molecule has 0 aliphatic rings. The van der Waals surface area contributed by atoms with Crippen LogP contribution in [0.5, 0.6) is 5.75 Å². The molecular weight excluding hydrogens is 258 g/mol. The number of hydrogen-bond donors (Lipinski definition) is 2. The molecule has 5 nitrogen and oxygen atoms in total. The van der Waals surface area contributed by atoms with Crippen molar-refractivity contribution in [2.75, 3.05) is 25.6 Å². The molecule has 2 rings (SSSR count). The zero-order valence-electron chi connectivity index (χ0n) is 11.4. The first-order valence-electron chi connectivity index (χ1n) is 6.44. The lowest BCUT2D eigenvalue weighted by molar-refractivity contribution is 0.0282. The van der Waals surface area contributed by atoms with Gasteiger partial charge in [-0.2, -0.15) is 0 Å². The topological polar surface area (TPSA) is 63.9 Å². The number of ether oxygens (including phenoxy) is 2. The summed E-state index contributed by atoms with van der Waals surface area (Å²) in [6.45, 7) is 1.04. The molecule has 108 valence electrons. The van der Waals surface area contributed by atoms with Gasteiger partial charge in [-0.05, 0) is 36.4 Å². The molecule has 0 amide bonds. The Labute approximate surface area is 118 Å². The second-order valence-corrected chi connectivity index (χ2v) is 4.36. The Morgan fingerprint density at radius 2 is 2.05 bits per heavy atom. The zero-order chi connectivity index (χ0) is 14.2. The van der Waals surface area contributed by atoms with E-state index in [1.165, 1.54) is 0 Å². The molecular formula is C15H19NO4. The van der Waals surface area contributed by atoms with E-state index in [0.717, 1.165) is 17.2 Å². The Kier molecular flexibility index (Phi) is 5.46. The number of furan rings is 1. The fraction of sp³-hybridized carbons (Fsp3) is 0.333. The normalized spacial score (nSPS) is 12.1. The molecule has 0 aliphatic carbocycles. The fourth-order valence-corrected chi connectivity index (χ4v) is 1.69. The van der Waals surface area contributed by atoms with Crippen molar-refractivity contribution in [3.63, 3.8) is 0 Å². The summed E-state index contributed by atoms with van der Waals surface area (Å²) >= 11 is 0. The molecule has 1 atom stereocenters. The summed E-state index contributed by atoms with van der Waals surface area (Å²) in [5.41, 5.74) is 0.927.